The predicted octanol–water partition coefficient (Wildman–Crippen LogP) is -0.0709. The minimum absolute atomic E-state index is 0.0811. The maximum absolute atomic E-state index is 11.4. The second kappa shape index (κ2) is 6.18. The number of rotatable bonds is 6. The molecular weight excluding hydrogens is 212 g/mol. The van der Waals surface area contributed by atoms with Crippen molar-refractivity contribution < 1.29 is 24.9 Å². The summed E-state index contributed by atoms with van der Waals surface area (Å²) in [6, 6.07) is 0. The third-order valence-corrected chi connectivity index (χ3v) is 2.48. The van der Waals surface area contributed by atoms with E-state index in [1.165, 1.54) is 0 Å². The van der Waals surface area contributed by atoms with Crippen LogP contribution in [0.1, 0.15) is 27.2 Å². The molecule has 5 nitrogen and oxygen atoms in total. The van der Waals surface area contributed by atoms with E-state index < -0.39 is 10.8 Å². The molecule has 0 spiro atoms. The molecule has 0 aliphatic heterocycles. The van der Waals surface area contributed by atoms with E-state index in [1.807, 2.05) is 0 Å². The highest BCUT2D eigenvalue weighted by Gasteiger charge is 2.29. The van der Waals surface area contributed by atoms with Crippen molar-refractivity contribution in [1.29, 1.82) is 0 Å². The predicted molar refractivity (Wildman–Crippen MR) is 58.7 cm³/mol. The van der Waals surface area contributed by atoms with E-state index in [-0.39, 0.29) is 38.8 Å². The van der Waals surface area contributed by atoms with Crippen LogP contribution in [0.2, 0.25) is 0 Å². The molecule has 0 atom stereocenters. The monoisotopic (exact) mass is 234 g/mol. The smallest absolute Gasteiger partial charge is 0.311 e. The summed E-state index contributed by atoms with van der Waals surface area (Å²) in [6.45, 7) is 4.29. The molecular formula is C11H22O5. The van der Waals surface area contributed by atoms with Gasteiger partial charge in [-0.3, -0.25) is 4.79 Å². The highest BCUT2D eigenvalue weighted by Crippen LogP contribution is 2.21. The van der Waals surface area contributed by atoms with Crippen LogP contribution in [-0.2, 0) is 9.53 Å². The molecule has 16 heavy (non-hydrogen) atoms. The van der Waals surface area contributed by atoms with Crippen molar-refractivity contribution in [2.75, 3.05) is 26.4 Å². The first kappa shape index (κ1) is 15.3. The van der Waals surface area contributed by atoms with Gasteiger partial charge in [-0.1, -0.05) is 0 Å². The molecule has 0 aromatic carbocycles. The minimum atomic E-state index is -0.974. The number of aliphatic hydroxyl groups excluding tert-OH is 3. The van der Waals surface area contributed by atoms with Crippen molar-refractivity contribution in [3.8, 4) is 0 Å². The Bertz CT molecular complexity index is 207. The van der Waals surface area contributed by atoms with E-state index in [0.29, 0.717) is 0 Å². The first-order valence-electron chi connectivity index (χ1n) is 5.31. The van der Waals surface area contributed by atoms with Crippen LogP contribution in [0.15, 0.2) is 0 Å². The van der Waals surface area contributed by atoms with Crippen LogP contribution in [0, 0.1) is 10.8 Å². The van der Waals surface area contributed by atoms with Gasteiger partial charge in [-0.25, -0.2) is 0 Å². The lowest BCUT2D eigenvalue weighted by molar-refractivity contribution is -0.154. The number of ether oxygens (including phenoxy) is 1. The number of carbonyl (C=O) groups excluding carboxylic acids is 1. The van der Waals surface area contributed by atoms with Crippen molar-refractivity contribution >= 4 is 5.97 Å². The molecule has 5 heteroatoms. The van der Waals surface area contributed by atoms with Gasteiger partial charge in [0, 0.05) is 5.41 Å². The minimum Gasteiger partial charge on any atom is -0.465 e. The van der Waals surface area contributed by atoms with Crippen LogP contribution in [0.25, 0.3) is 0 Å². The molecule has 0 aromatic rings. The number of esters is 1. The maximum Gasteiger partial charge on any atom is 0.311 e. The van der Waals surface area contributed by atoms with Gasteiger partial charge in [-0.15, -0.1) is 0 Å². The fourth-order valence-corrected chi connectivity index (χ4v) is 0.964. The maximum atomic E-state index is 11.4. The van der Waals surface area contributed by atoms with Crippen LogP contribution >= 0.6 is 0 Å². The van der Waals surface area contributed by atoms with Crippen molar-refractivity contribution in [3.63, 3.8) is 0 Å². The molecule has 0 heterocycles. The van der Waals surface area contributed by atoms with Gasteiger partial charge in [0.2, 0.25) is 0 Å². The fourth-order valence-electron chi connectivity index (χ4n) is 0.964. The Kier molecular flexibility index (Phi) is 5.92. The lowest BCUT2D eigenvalue weighted by Crippen LogP contribution is -2.36. The number of hydrogen-bond acceptors (Lipinski definition) is 5. The van der Waals surface area contributed by atoms with E-state index in [4.69, 9.17) is 20.1 Å². The molecule has 0 rings (SSSR count). The second-order valence-electron chi connectivity index (χ2n) is 5.11. The molecule has 0 aromatic heterocycles. The Morgan fingerprint density at radius 1 is 1.06 bits per heavy atom. The van der Waals surface area contributed by atoms with Crippen LogP contribution in [0.5, 0.6) is 0 Å². The molecule has 0 aliphatic carbocycles. The van der Waals surface area contributed by atoms with E-state index in [1.54, 1.807) is 20.8 Å². The van der Waals surface area contributed by atoms with Crippen LogP contribution in [0.4, 0.5) is 0 Å². The average molecular weight is 234 g/mol. The summed E-state index contributed by atoms with van der Waals surface area (Å²) in [6.07, 6.45) is 0.234. The molecule has 0 aliphatic rings. The summed E-state index contributed by atoms with van der Waals surface area (Å²) < 4.78 is 5.00. The molecule has 0 radical (unpaired) electrons. The van der Waals surface area contributed by atoms with Crippen molar-refractivity contribution in [2.45, 2.75) is 27.2 Å². The van der Waals surface area contributed by atoms with E-state index >= 15 is 0 Å². The first-order chi connectivity index (χ1) is 7.31. The van der Waals surface area contributed by atoms with Gasteiger partial charge in [-0.2, -0.15) is 0 Å². The van der Waals surface area contributed by atoms with Gasteiger partial charge in [-0.05, 0) is 27.2 Å². The molecule has 0 fully saturated rings. The summed E-state index contributed by atoms with van der Waals surface area (Å²) >= 11 is 0. The SMILES string of the molecule is CC(C)(C)C(=O)OCCC(CO)(CO)CO. The number of aliphatic hydroxyl groups is 3. The molecule has 96 valence electrons. The van der Waals surface area contributed by atoms with Gasteiger partial charge in [0.25, 0.3) is 0 Å². The molecule has 3 N–H and O–H groups in total. The third-order valence-electron chi connectivity index (χ3n) is 2.48. The third kappa shape index (κ3) is 4.47. The first-order valence-corrected chi connectivity index (χ1v) is 5.31. The number of hydrogen-bond donors (Lipinski definition) is 3. The van der Waals surface area contributed by atoms with Crippen LogP contribution < -0.4 is 0 Å². The Balaban J connectivity index is 4.11. The van der Waals surface area contributed by atoms with Crippen molar-refractivity contribution in [1.82, 2.24) is 0 Å². The molecule has 0 bridgehead atoms. The zero-order valence-corrected chi connectivity index (χ0v) is 10.2. The van der Waals surface area contributed by atoms with Gasteiger partial charge >= 0.3 is 5.97 Å². The summed E-state index contributed by atoms with van der Waals surface area (Å²) in [5.74, 6) is -0.338. The fraction of sp³-hybridized carbons (Fsp3) is 0.909. The Labute approximate surface area is 96.0 Å². The zero-order chi connectivity index (χ0) is 12.8. The number of carbonyl (C=O) groups is 1. The second-order valence-corrected chi connectivity index (χ2v) is 5.11. The Morgan fingerprint density at radius 3 is 1.81 bits per heavy atom. The summed E-state index contributed by atoms with van der Waals surface area (Å²) in [4.78, 5) is 11.4. The highest BCUT2D eigenvalue weighted by atomic mass is 16.5. The Morgan fingerprint density at radius 2 is 1.50 bits per heavy atom. The van der Waals surface area contributed by atoms with Crippen molar-refractivity contribution in [2.24, 2.45) is 10.8 Å². The van der Waals surface area contributed by atoms with Crippen LogP contribution in [-0.4, -0.2) is 47.7 Å². The lowest BCUT2D eigenvalue weighted by Gasteiger charge is -2.27. The summed E-state index contributed by atoms with van der Waals surface area (Å²) in [5, 5.41) is 27.1. The van der Waals surface area contributed by atoms with E-state index in [2.05, 4.69) is 0 Å². The van der Waals surface area contributed by atoms with E-state index in [0.717, 1.165) is 0 Å². The molecule has 0 amide bonds. The van der Waals surface area contributed by atoms with Crippen LogP contribution in [0.3, 0.4) is 0 Å². The van der Waals surface area contributed by atoms with Gasteiger partial charge < -0.3 is 20.1 Å². The van der Waals surface area contributed by atoms with Crippen molar-refractivity contribution in [3.05, 3.63) is 0 Å². The quantitative estimate of drug-likeness (QED) is 0.560. The Hall–Kier alpha value is -0.650. The standard InChI is InChI=1S/C11H22O5/c1-10(2,3)9(15)16-5-4-11(6-12,7-13)8-14/h12-14H,4-8H2,1-3H3. The zero-order valence-electron chi connectivity index (χ0n) is 10.2. The van der Waals surface area contributed by atoms with Gasteiger partial charge in [0.05, 0.1) is 31.8 Å². The lowest BCUT2D eigenvalue weighted by atomic mass is 9.87. The molecule has 0 saturated carbocycles. The average Bonchev–Trinajstić information content (AvgIpc) is 2.23. The highest BCUT2D eigenvalue weighted by molar-refractivity contribution is 5.75. The van der Waals surface area contributed by atoms with Gasteiger partial charge in [0.15, 0.2) is 0 Å². The normalized spacial score (nSPS) is 12.6. The topological polar surface area (TPSA) is 87.0 Å². The van der Waals surface area contributed by atoms with E-state index in [9.17, 15) is 4.79 Å². The largest absolute Gasteiger partial charge is 0.465 e. The molecule has 0 unspecified atom stereocenters. The van der Waals surface area contributed by atoms with Gasteiger partial charge in [0.1, 0.15) is 0 Å². The summed E-state index contributed by atoms with van der Waals surface area (Å²) in [7, 11) is 0. The molecule has 0 saturated heterocycles. The summed E-state index contributed by atoms with van der Waals surface area (Å²) in [5.41, 5.74) is -1.54.